The Morgan fingerprint density at radius 2 is 2.20 bits per heavy atom. The van der Waals surface area contributed by atoms with Crippen LogP contribution in [0.1, 0.15) is 44.7 Å². The zero-order valence-electron chi connectivity index (χ0n) is 11.5. The van der Waals surface area contributed by atoms with E-state index in [2.05, 4.69) is 15.6 Å². The molecule has 1 fully saturated rings. The summed E-state index contributed by atoms with van der Waals surface area (Å²) in [6, 6.07) is -0.794. The average Bonchev–Trinajstić information content (AvgIpc) is 3.09. The predicted octanol–water partition coefficient (Wildman–Crippen LogP) is 2.64. The summed E-state index contributed by atoms with van der Waals surface area (Å²) in [6.07, 6.45) is 2.25. The van der Waals surface area contributed by atoms with Crippen LogP contribution in [-0.2, 0) is 4.79 Å². The lowest BCUT2D eigenvalue weighted by Crippen LogP contribution is -2.42. The Hall–Kier alpha value is -1.63. The molecule has 0 aromatic carbocycles. The number of nitrogens with one attached hydrogen (secondary N) is 2. The molecule has 0 bridgehead atoms. The normalized spacial score (nSPS) is 15.9. The number of rotatable bonds is 6. The van der Waals surface area contributed by atoms with Crippen molar-refractivity contribution in [2.75, 3.05) is 5.32 Å². The molecule has 1 heterocycles. The van der Waals surface area contributed by atoms with Gasteiger partial charge >= 0.3 is 12.0 Å². The zero-order chi connectivity index (χ0) is 14.7. The molecule has 2 rings (SSSR count). The Kier molecular flexibility index (Phi) is 4.59. The number of carboxylic acids is 1. The van der Waals surface area contributed by atoms with E-state index in [-0.39, 0.29) is 12.3 Å². The Morgan fingerprint density at radius 3 is 2.75 bits per heavy atom. The Labute approximate surface area is 121 Å². The molecule has 1 saturated carbocycles. The van der Waals surface area contributed by atoms with E-state index >= 15 is 0 Å². The third-order valence-corrected chi connectivity index (χ3v) is 4.03. The number of anilines is 1. The van der Waals surface area contributed by atoms with E-state index in [0.717, 1.165) is 5.69 Å². The molecule has 1 atom stereocenters. The van der Waals surface area contributed by atoms with Gasteiger partial charge in [-0.05, 0) is 18.8 Å². The molecule has 0 spiro atoms. The van der Waals surface area contributed by atoms with Crippen molar-refractivity contribution in [1.29, 1.82) is 0 Å². The Balaban J connectivity index is 1.87. The highest BCUT2D eigenvalue weighted by Gasteiger charge is 2.26. The lowest BCUT2D eigenvalue weighted by atomic mass is 10.0. The molecule has 0 saturated heterocycles. The maximum Gasteiger partial charge on any atom is 0.321 e. The first-order chi connectivity index (χ1) is 9.45. The van der Waals surface area contributed by atoms with Gasteiger partial charge in [-0.1, -0.05) is 13.8 Å². The van der Waals surface area contributed by atoms with Crippen molar-refractivity contribution in [2.45, 2.75) is 45.1 Å². The topological polar surface area (TPSA) is 91.3 Å². The molecule has 2 amide bonds. The van der Waals surface area contributed by atoms with Gasteiger partial charge in [0.25, 0.3) is 0 Å². The highest BCUT2D eigenvalue weighted by molar-refractivity contribution is 7.13. The summed E-state index contributed by atoms with van der Waals surface area (Å²) in [6.45, 7) is 3.75. The molecule has 1 aromatic heterocycles. The molecule has 20 heavy (non-hydrogen) atoms. The van der Waals surface area contributed by atoms with E-state index in [9.17, 15) is 9.59 Å². The molecule has 6 nitrogen and oxygen atoms in total. The number of aliphatic carboxylic acids is 1. The third kappa shape index (κ3) is 4.19. The minimum atomic E-state index is -0.922. The van der Waals surface area contributed by atoms with Crippen LogP contribution in [-0.4, -0.2) is 28.1 Å². The van der Waals surface area contributed by atoms with Crippen molar-refractivity contribution in [3.8, 4) is 0 Å². The first-order valence-electron chi connectivity index (χ1n) is 6.70. The fraction of sp³-hybridized carbons (Fsp3) is 0.615. The molecular weight excluding hydrogens is 278 g/mol. The number of hydrogen-bond donors (Lipinski definition) is 3. The maximum absolute atomic E-state index is 11.9. The molecule has 3 N–H and O–H groups in total. The third-order valence-electron chi connectivity index (χ3n) is 3.25. The smallest absolute Gasteiger partial charge is 0.321 e. The fourth-order valence-electron chi connectivity index (χ4n) is 1.85. The van der Waals surface area contributed by atoms with Crippen LogP contribution in [0.2, 0.25) is 0 Å². The quantitative estimate of drug-likeness (QED) is 0.752. The standard InChI is InChI=1S/C13H19N3O3S/c1-7(2)9(5-11(17)18)14-12(19)16-13-15-10(6-20-13)8-3-4-8/h6-9H,3-5H2,1-2H3,(H,17,18)(H2,14,15,16,19). The van der Waals surface area contributed by atoms with Gasteiger partial charge in [-0.25, -0.2) is 9.78 Å². The van der Waals surface area contributed by atoms with E-state index in [1.807, 2.05) is 19.2 Å². The molecule has 110 valence electrons. The number of nitrogens with zero attached hydrogens (tertiary/aromatic N) is 1. The van der Waals surface area contributed by atoms with Gasteiger partial charge in [-0.15, -0.1) is 11.3 Å². The summed E-state index contributed by atoms with van der Waals surface area (Å²) in [4.78, 5) is 27.0. The van der Waals surface area contributed by atoms with E-state index < -0.39 is 18.0 Å². The molecule has 0 aliphatic heterocycles. The number of amides is 2. The van der Waals surface area contributed by atoms with Gasteiger partial charge < -0.3 is 10.4 Å². The summed E-state index contributed by atoms with van der Waals surface area (Å²) >= 11 is 1.40. The highest BCUT2D eigenvalue weighted by atomic mass is 32.1. The van der Waals surface area contributed by atoms with Crippen LogP contribution in [0, 0.1) is 5.92 Å². The SMILES string of the molecule is CC(C)C(CC(=O)O)NC(=O)Nc1nc(C2CC2)cs1. The van der Waals surface area contributed by atoms with Gasteiger partial charge in [0, 0.05) is 17.3 Å². The number of carboxylic acid groups (broad SMARTS) is 1. The molecule has 7 heteroatoms. The van der Waals surface area contributed by atoms with Gasteiger partial charge in [0.1, 0.15) is 0 Å². The van der Waals surface area contributed by atoms with Crippen LogP contribution in [0.15, 0.2) is 5.38 Å². The molecule has 1 aliphatic carbocycles. The van der Waals surface area contributed by atoms with Crippen molar-refractivity contribution < 1.29 is 14.7 Å². The van der Waals surface area contributed by atoms with Crippen molar-refractivity contribution in [1.82, 2.24) is 10.3 Å². The van der Waals surface area contributed by atoms with Crippen LogP contribution in [0.4, 0.5) is 9.93 Å². The fourth-order valence-corrected chi connectivity index (χ4v) is 2.64. The Bertz CT molecular complexity index is 497. The minimum absolute atomic E-state index is 0.0511. The number of urea groups is 1. The van der Waals surface area contributed by atoms with Gasteiger partial charge in [0.2, 0.25) is 0 Å². The number of hydrogen-bond acceptors (Lipinski definition) is 4. The van der Waals surface area contributed by atoms with Crippen molar-refractivity contribution in [3.63, 3.8) is 0 Å². The van der Waals surface area contributed by atoms with Crippen LogP contribution in [0.25, 0.3) is 0 Å². The number of aromatic nitrogens is 1. The van der Waals surface area contributed by atoms with Gasteiger partial charge in [0.05, 0.1) is 12.1 Å². The van der Waals surface area contributed by atoms with Crippen molar-refractivity contribution in [3.05, 3.63) is 11.1 Å². The number of carbonyl (C=O) groups is 2. The Morgan fingerprint density at radius 1 is 1.50 bits per heavy atom. The maximum atomic E-state index is 11.9. The highest BCUT2D eigenvalue weighted by Crippen LogP contribution is 2.40. The summed E-state index contributed by atoms with van der Waals surface area (Å²) in [7, 11) is 0. The second-order valence-corrected chi connectivity index (χ2v) is 6.26. The minimum Gasteiger partial charge on any atom is -0.481 e. The predicted molar refractivity (Wildman–Crippen MR) is 77.1 cm³/mol. The monoisotopic (exact) mass is 297 g/mol. The molecule has 1 unspecified atom stereocenters. The lowest BCUT2D eigenvalue weighted by molar-refractivity contribution is -0.137. The molecule has 0 radical (unpaired) electrons. The van der Waals surface area contributed by atoms with Gasteiger partial charge in [-0.3, -0.25) is 10.1 Å². The summed E-state index contributed by atoms with van der Waals surface area (Å²) in [5.74, 6) is -0.315. The van der Waals surface area contributed by atoms with Crippen LogP contribution in [0.3, 0.4) is 0 Å². The van der Waals surface area contributed by atoms with E-state index in [1.165, 1.54) is 24.2 Å². The lowest BCUT2D eigenvalue weighted by Gasteiger charge is -2.20. The van der Waals surface area contributed by atoms with Crippen LogP contribution in [0.5, 0.6) is 0 Å². The largest absolute Gasteiger partial charge is 0.481 e. The van der Waals surface area contributed by atoms with E-state index in [1.54, 1.807) is 0 Å². The first-order valence-corrected chi connectivity index (χ1v) is 7.58. The van der Waals surface area contributed by atoms with E-state index in [4.69, 9.17) is 5.11 Å². The van der Waals surface area contributed by atoms with Gasteiger partial charge in [-0.2, -0.15) is 0 Å². The van der Waals surface area contributed by atoms with Crippen LogP contribution >= 0.6 is 11.3 Å². The van der Waals surface area contributed by atoms with Crippen LogP contribution < -0.4 is 10.6 Å². The summed E-state index contributed by atoms with van der Waals surface area (Å²) in [5, 5.41) is 16.7. The second kappa shape index (κ2) is 6.21. The van der Waals surface area contributed by atoms with Crippen molar-refractivity contribution in [2.24, 2.45) is 5.92 Å². The van der Waals surface area contributed by atoms with Crippen molar-refractivity contribution >= 4 is 28.5 Å². The summed E-state index contributed by atoms with van der Waals surface area (Å²) in [5.41, 5.74) is 1.04. The summed E-state index contributed by atoms with van der Waals surface area (Å²) < 4.78 is 0. The first kappa shape index (κ1) is 14.8. The molecule has 1 aliphatic rings. The average molecular weight is 297 g/mol. The van der Waals surface area contributed by atoms with E-state index in [0.29, 0.717) is 11.0 Å². The number of thiazole rings is 1. The molecule has 1 aromatic rings. The number of carbonyl (C=O) groups excluding carboxylic acids is 1. The molecular formula is C13H19N3O3S. The second-order valence-electron chi connectivity index (χ2n) is 5.40. The van der Waals surface area contributed by atoms with Gasteiger partial charge in [0.15, 0.2) is 5.13 Å². The zero-order valence-corrected chi connectivity index (χ0v) is 12.4.